The van der Waals surface area contributed by atoms with E-state index in [2.05, 4.69) is 5.16 Å². The average molecular weight is 439 g/mol. The van der Waals surface area contributed by atoms with Crippen LogP contribution in [-0.2, 0) is 19.6 Å². The van der Waals surface area contributed by atoms with Gasteiger partial charge >= 0.3 is 6.09 Å². The molecule has 1 aliphatic carbocycles. The topological polar surface area (TPSA) is 113 Å². The highest BCUT2D eigenvalue weighted by atomic mass is 32.2. The van der Waals surface area contributed by atoms with E-state index in [0.717, 1.165) is 12.8 Å². The van der Waals surface area contributed by atoms with Crippen LogP contribution in [0.1, 0.15) is 37.1 Å². The highest BCUT2D eigenvalue weighted by molar-refractivity contribution is 7.89. The molecule has 3 saturated heterocycles. The molecule has 3 aliphatic heterocycles. The molecule has 1 aromatic rings. The molecule has 1 spiro atoms. The molecule has 5 rings (SSSR count). The average Bonchev–Trinajstić information content (AvgIpc) is 3.46. The number of aryl methyl sites for hydroxylation is 2. The van der Waals surface area contributed by atoms with Gasteiger partial charge < -0.3 is 14.2 Å². The molecule has 1 aromatic heterocycles. The molecule has 1 unspecified atom stereocenters. The number of carbonyl (C=O) groups excluding carboxylic acids is 2. The predicted octanol–water partition coefficient (Wildman–Crippen LogP) is 0.888. The number of likely N-dealkylation sites (tertiary alicyclic amines) is 1. The number of nitrogens with zero attached hydrogens (tertiary/aromatic N) is 4. The molecule has 1 atom stereocenters. The summed E-state index contributed by atoms with van der Waals surface area (Å²) in [5.74, 6) is 0.611. The molecule has 1 saturated carbocycles. The Morgan fingerprint density at radius 2 is 1.83 bits per heavy atom. The van der Waals surface area contributed by atoms with E-state index < -0.39 is 21.7 Å². The van der Waals surface area contributed by atoms with Gasteiger partial charge in [-0.3, -0.25) is 9.69 Å². The lowest BCUT2D eigenvalue weighted by atomic mass is 9.83. The van der Waals surface area contributed by atoms with Gasteiger partial charge in [0.2, 0.25) is 15.9 Å². The highest BCUT2D eigenvalue weighted by Gasteiger charge is 2.58. The lowest BCUT2D eigenvalue weighted by molar-refractivity contribution is -0.136. The lowest BCUT2D eigenvalue weighted by Crippen LogP contribution is -2.61. The zero-order valence-electron chi connectivity index (χ0n) is 17.2. The maximum atomic E-state index is 13.3. The third-order valence-corrected chi connectivity index (χ3v) is 9.00. The second-order valence-corrected chi connectivity index (χ2v) is 10.6. The van der Waals surface area contributed by atoms with Gasteiger partial charge in [0, 0.05) is 51.5 Å². The molecule has 4 heterocycles. The largest absolute Gasteiger partial charge is 0.440 e. The molecule has 0 bridgehead atoms. The summed E-state index contributed by atoms with van der Waals surface area (Å²) in [4.78, 5) is 28.5. The Balaban J connectivity index is 1.37. The molecule has 11 heteroatoms. The number of sulfonamides is 1. The first-order chi connectivity index (χ1) is 14.2. The summed E-state index contributed by atoms with van der Waals surface area (Å²) < 4.78 is 38.9. The number of hydrogen-bond acceptors (Lipinski definition) is 7. The first-order valence-corrected chi connectivity index (χ1v) is 11.9. The van der Waals surface area contributed by atoms with Gasteiger partial charge in [0.05, 0.1) is 6.04 Å². The van der Waals surface area contributed by atoms with Crippen molar-refractivity contribution >= 4 is 22.0 Å². The maximum absolute atomic E-state index is 13.3. The number of amides is 2. The normalized spacial score (nSPS) is 26.7. The van der Waals surface area contributed by atoms with E-state index in [0.29, 0.717) is 31.6 Å². The van der Waals surface area contributed by atoms with Gasteiger partial charge in [-0.15, -0.1) is 0 Å². The molecule has 0 aromatic carbocycles. The van der Waals surface area contributed by atoms with E-state index in [-0.39, 0.29) is 48.2 Å². The van der Waals surface area contributed by atoms with Gasteiger partial charge in [-0.25, -0.2) is 13.2 Å². The van der Waals surface area contributed by atoms with Crippen molar-refractivity contribution in [3.05, 3.63) is 11.5 Å². The summed E-state index contributed by atoms with van der Waals surface area (Å²) in [5, 5.41) is 3.78. The van der Waals surface area contributed by atoms with Crippen molar-refractivity contribution in [1.82, 2.24) is 19.3 Å². The molecule has 164 valence electrons. The molecular weight excluding hydrogens is 412 g/mol. The number of hydrogen-bond donors (Lipinski definition) is 0. The molecule has 4 fully saturated rings. The van der Waals surface area contributed by atoms with Gasteiger partial charge in [0.15, 0.2) is 5.76 Å². The van der Waals surface area contributed by atoms with E-state index >= 15 is 0 Å². The van der Waals surface area contributed by atoms with Crippen molar-refractivity contribution in [2.24, 2.45) is 5.92 Å². The third kappa shape index (κ3) is 2.93. The van der Waals surface area contributed by atoms with E-state index in [1.807, 2.05) is 4.90 Å². The molecular formula is C19H26N4O6S. The summed E-state index contributed by atoms with van der Waals surface area (Å²) in [5.41, 5.74) is -0.431. The van der Waals surface area contributed by atoms with Gasteiger partial charge in [-0.05, 0) is 26.7 Å². The Kier molecular flexibility index (Phi) is 4.41. The van der Waals surface area contributed by atoms with Crippen molar-refractivity contribution in [1.29, 1.82) is 0 Å². The quantitative estimate of drug-likeness (QED) is 0.689. The number of ether oxygens (including phenoxy) is 1. The standard InChI is InChI=1S/C19H26N4O6S/c1-12-16(13(2)29-20-12)30(26,27)22-9-10-23-15(11-22)19(28-18(23)25)5-7-21(8-6-19)17(24)14-3-4-14/h14-15H,3-11H2,1-2H3. The first-order valence-electron chi connectivity index (χ1n) is 10.4. The minimum absolute atomic E-state index is 0.0973. The van der Waals surface area contributed by atoms with E-state index in [9.17, 15) is 18.0 Å². The Bertz CT molecular complexity index is 973. The van der Waals surface area contributed by atoms with Crippen LogP contribution in [0, 0.1) is 19.8 Å². The summed E-state index contributed by atoms with van der Waals surface area (Å²) in [6.07, 6.45) is 2.58. The second kappa shape index (κ2) is 6.68. The van der Waals surface area contributed by atoms with Crippen molar-refractivity contribution in [3.8, 4) is 0 Å². The van der Waals surface area contributed by atoms with Gasteiger partial charge in [0.1, 0.15) is 16.2 Å². The highest BCUT2D eigenvalue weighted by Crippen LogP contribution is 2.42. The monoisotopic (exact) mass is 438 g/mol. The second-order valence-electron chi connectivity index (χ2n) is 8.76. The fraction of sp³-hybridized carbons (Fsp3) is 0.737. The number of piperidine rings is 1. The molecule has 4 aliphatic rings. The minimum atomic E-state index is -3.80. The van der Waals surface area contributed by atoms with Crippen LogP contribution in [0.3, 0.4) is 0 Å². The fourth-order valence-electron chi connectivity index (χ4n) is 5.05. The van der Waals surface area contributed by atoms with Gasteiger partial charge in [-0.2, -0.15) is 4.31 Å². The van der Waals surface area contributed by atoms with E-state index in [1.165, 1.54) is 4.31 Å². The predicted molar refractivity (Wildman–Crippen MR) is 103 cm³/mol. The number of carbonyl (C=O) groups is 2. The summed E-state index contributed by atoms with van der Waals surface area (Å²) in [7, 11) is -3.80. The van der Waals surface area contributed by atoms with E-state index in [1.54, 1.807) is 18.7 Å². The lowest BCUT2D eigenvalue weighted by Gasteiger charge is -2.44. The summed E-state index contributed by atoms with van der Waals surface area (Å²) in [6, 6.07) is -0.368. The van der Waals surface area contributed by atoms with Crippen LogP contribution in [-0.4, -0.2) is 84.0 Å². The number of fused-ring (bicyclic) bond motifs is 2. The number of rotatable bonds is 3. The van der Waals surface area contributed by atoms with Crippen molar-refractivity contribution in [2.75, 3.05) is 32.7 Å². The van der Waals surface area contributed by atoms with Crippen LogP contribution in [0.4, 0.5) is 4.79 Å². The zero-order chi connectivity index (χ0) is 21.3. The SMILES string of the molecule is Cc1noc(C)c1S(=O)(=O)N1CCN2C(=O)OC3(CCN(C(=O)C4CC4)CC3)C2C1. The molecule has 10 nitrogen and oxygen atoms in total. The smallest absolute Gasteiger partial charge is 0.410 e. The van der Waals surface area contributed by atoms with Crippen LogP contribution in [0.25, 0.3) is 0 Å². The Morgan fingerprint density at radius 1 is 1.13 bits per heavy atom. The van der Waals surface area contributed by atoms with Crippen molar-refractivity contribution in [2.45, 2.75) is 56.1 Å². The Labute approximate surface area is 175 Å². The van der Waals surface area contributed by atoms with Crippen LogP contribution in [0.2, 0.25) is 0 Å². The molecule has 2 amide bonds. The minimum Gasteiger partial charge on any atom is -0.440 e. The summed E-state index contributed by atoms with van der Waals surface area (Å²) >= 11 is 0. The first kappa shape index (κ1) is 19.8. The van der Waals surface area contributed by atoms with Gasteiger partial charge in [-0.1, -0.05) is 5.16 Å². The van der Waals surface area contributed by atoms with Gasteiger partial charge in [0.25, 0.3) is 0 Å². The molecule has 0 radical (unpaired) electrons. The zero-order valence-corrected chi connectivity index (χ0v) is 18.0. The third-order valence-electron chi connectivity index (χ3n) is 6.89. The van der Waals surface area contributed by atoms with E-state index in [4.69, 9.17) is 9.26 Å². The fourth-order valence-corrected chi connectivity index (χ4v) is 6.78. The van der Waals surface area contributed by atoms with Crippen LogP contribution in [0.5, 0.6) is 0 Å². The van der Waals surface area contributed by atoms with Crippen LogP contribution in [0.15, 0.2) is 9.42 Å². The maximum Gasteiger partial charge on any atom is 0.410 e. The number of piperazine rings is 1. The molecule has 30 heavy (non-hydrogen) atoms. The summed E-state index contributed by atoms with van der Waals surface area (Å²) in [6.45, 7) is 4.89. The Hall–Kier alpha value is -2.14. The van der Waals surface area contributed by atoms with Crippen molar-refractivity contribution in [3.63, 3.8) is 0 Å². The van der Waals surface area contributed by atoms with Crippen LogP contribution < -0.4 is 0 Å². The van der Waals surface area contributed by atoms with Crippen molar-refractivity contribution < 1.29 is 27.3 Å². The van der Waals surface area contributed by atoms with Crippen LogP contribution >= 0.6 is 0 Å². The molecule has 0 N–H and O–H groups in total. The Morgan fingerprint density at radius 3 is 2.43 bits per heavy atom. The number of aromatic nitrogens is 1.